The minimum absolute atomic E-state index is 0.00504. The van der Waals surface area contributed by atoms with Gasteiger partial charge >= 0.3 is 0 Å². The van der Waals surface area contributed by atoms with E-state index in [1.807, 2.05) is 47.4 Å². The van der Waals surface area contributed by atoms with Gasteiger partial charge in [0, 0.05) is 25.0 Å². The van der Waals surface area contributed by atoms with Gasteiger partial charge in [0.05, 0.1) is 12.2 Å². The minimum Gasteiger partial charge on any atom is -0.348 e. The van der Waals surface area contributed by atoms with Crippen LogP contribution in [-0.2, 0) is 6.54 Å². The van der Waals surface area contributed by atoms with E-state index in [-0.39, 0.29) is 18.0 Å². The zero-order valence-electron chi connectivity index (χ0n) is 16.8. The summed E-state index contributed by atoms with van der Waals surface area (Å²) in [5, 5.41) is 8.61. The van der Waals surface area contributed by atoms with E-state index >= 15 is 0 Å². The molecule has 30 heavy (non-hydrogen) atoms. The Balaban J connectivity index is 1.47. The Kier molecular flexibility index (Phi) is 4.67. The molecule has 1 amide bonds. The molecule has 0 N–H and O–H groups in total. The molecule has 6 heteroatoms. The molecule has 2 aromatic heterocycles. The molecule has 2 aromatic carbocycles. The van der Waals surface area contributed by atoms with E-state index in [0.717, 1.165) is 23.4 Å². The second-order valence-electron chi connectivity index (χ2n) is 7.61. The van der Waals surface area contributed by atoms with Gasteiger partial charge in [-0.1, -0.05) is 65.9 Å². The fraction of sp³-hybridized carbons (Fsp3) is 0.208. The molecule has 5 rings (SSSR count). The second-order valence-corrected chi connectivity index (χ2v) is 7.61. The number of nitrogens with zero attached hydrogens (tertiary/aromatic N) is 5. The number of benzene rings is 2. The van der Waals surface area contributed by atoms with E-state index in [0.29, 0.717) is 12.2 Å². The van der Waals surface area contributed by atoms with Crippen LogP contribution in [0.4, 0.5) is 0 Å². The molecule has 0 saturated carbocycles. The number of carbonyl (C=O) groups is 1. The Bertz CT molecular complexity index is 1110. The predicted molar refractivity (Wildman–Crippen MR) is 114 cm³/mol. The molecule has 0 saturated heterocycles. The predicted octanol–water partition coefficient (Wildman–Crippen LogP) is 3.93. The Hall–Kier alpha value is -3.67. The van der Waals surface area contributed by atoms with E-state index in [1.165, 1.54) is 0 Å². The monoisotopic (exact) mass is 397 g/mol. The van der Waals surface area contributed by atoms with Gasteiger partial charge in [0.1, 0.15) is 6.04 Å². The third kappa shape index (κ3) is 3.20. The lowest BCUT2D eigenvalue weighted by molar-refractivity contribution is 0.0637. The average Bonchev–Trinajstić information content (AvgIpc) is 3.46. The van der Waals surface area contributed by atoms with E-state index in [2.05, 4.69) is 58.3 Å². The third-order valence-corrected chi connectivity index (χ3v) is 5.83. The Morgan fingerprint density at radius 3 is 2.27 bits per heavy atom. The van der Waals surface area contributed by atoms with Crippen molar-refractivity contribution in [2.24, 2.45) is 0 Å². The molecule has 0 radical (unpaired) electrons. The van der Waals surface area contributed by atoms with Crippen molar-refractivity contribution in [2.75, 3.05) is 6.54 Å². The molecule has 0 spiro atoms. The van der Waals surface area contributed by atoms with Crippen LogP contribution < -0.4 is 0 Å². The van der Waals surface area contributed by atoms with Crippen molar-refractivity contribution in [3.63, 3.8) is 0 Å². The van der Waals surface area contributed by atoms with E-state index in [4.69, 9.17) is 0 Å². The van der Waals surface area contributed by atoms with Gasteiger partial charge in [-0.05, 0) is 30.2 Å². The molecule has 1 aliphatic heterocycles. The first-order valence-corrected chi connectivity index (χ1v) is 10.2. The van der Waals surface area contributed by atoms with Gasteiger partial charge in [-0.15, -0.1) is 5.10 Å². The lowest BCUT2D eigenvalue weighted by atomic mass is 9.99. The van der Waals surface area contributed by atoms with Gasteiger partial charge < -0.3 is 9.47 Å². The normalized spacial score (nSPS) is 15.9. The van der Waals surface area contributed by atoms with Crippen LogP contribution in [0.15, 0.2) is 85.2 Å². The van der Waals surface area contributed by atoms with Gasteiger partial charge in [0.25, 0.3) is 5.91 Å². The summed E-state index contributed by atoms with van der Waals surface area (Å²) < 4.78 is 3.99. The Labute approximate surface area is 175 Å². The fourth-order valence-electron chi connectivity index (χ4n) is 4.27. The summed E-state index contributed by atoms with van der Waals surface area (Å²) in [6.07, 6.45) is 3.83. The quantitative estimate of drug-likeness (QED) is 0.524. The van der Waals surface area contributed by atoms with Crippen LogP contribution in [0.5, 0.6) is 0 Å². The summed E-state index contributed by atoms with van der Waals surface area (Å²) >= 11 is 0. The molecule has 0 aliphatic carbocycles. The van der Waals surface area contributed by atoms with Crippen LogP contribution in [0.3, 0.4) is 0 Å². The second kappa shape index (κ2) is 7.63. The van der Waals surface area contributed by atoms with Crippen molar-refractivity contribution >= 4 is 5.91 Å². The van der Waals surface area contributed by atoms with Gasteiger partial charge in [-0.3, -0.25) is 4.79 Å². The van der Waals surface area contributed by atoms with Crippen LogP contribution in [0.1, 0.15) is 46.3 Å². The third-order valence-electron chi connectivity index (χ3n) is 5.83. The maximum atomic E-state index is 13.3. The highest BCUT2D eigenvalue weighted by Gasteiger charge is 2.30. The first-order chi connectivity index (χ1) is 14.7. The number of hydrogen-bond donors (Lipinski definition) is 0. The van der Waals surface area contributed by atoms with Crippen LogP contribution in [0.2, 0.25) is 0 Å². The number of fused-ring (bicyclic) bond motifs is 1. The molecule has 6 nitrogen and oxygen atoms in total. The molecule has 0 bridgehead atoms. The van der Waals surface area contributed by atoms with Crippen LogP contribution in [0, 0.1) is 0 Å². The number of hydrogen-bond acceptors (Lipinski definition) is 3. The summed E-state index contributed by atoms with van der Waals surface area (Å²) in [6.45, 7) is 3.52. The summed E-state index contributed by atoms with van der Waals surface area (Å²) in [4.78, 5) is 15.1. The number of aromatic nitrogens is 4. The van der Waals surface area contributed by atoms with Crippen LogP contribution in [-0.4, -0.2) is 36.9 Å². The van der Waals surface area contributed by atoms with E-state index in [1.54, 1.807) is 10.9 Å². The Morgan fingerprint density at radius 2 is 1.60 bits per heavy atom. The highest BCUT2D eigenvalue weighted by atomic mass is 16.2. The van der Waals surface area contributed by atoms with Crippen molar-refractivity contribution < 1.29 is 4.79 Å². The van der Waals surface area contributed by atoms with Crippen molar-refractivity contribution in [2.45, 2.75) is 25.6 Å². The number of amides is 1. The zero-order chi connectivity index (χ0) is 20.5. The largest absolute Gasteiger partial charge is 0.348 e. The van der Waals surface area contributed by atoms with Crippen molar-refractivity contribution in [3.8, 4) is 0 Å². The molecular weight excluding hydrogens is 374 g/mol. The topological polar surface area (TPSA) is 56.0 Å². The van der Waals surface area contributed by atoms with Gasteiger partial charge in [-0.2, -0.15) is 0 Å². The molecule has 150 valence electrons. The molecule has 3 heterocycles. The van der Waals surface area contributed by atoms with Gasteiger partial charge in [-0.25, -0.2) is 4.68 Å². The molecule has 0 unspecified atom stereocenters. The summed E-state index contributed by atoms with van der Waals surface area (Å²) in [7, 11) is 0. The zero-order valence-corrected chi connectivity index (χ0v) is 16.8. The van der Waals surface area contributed by atoms with E-state index in [9.17, 15) is 4.79 Å². The number of carbonyl (C=O) groups excluding carboxylic acids is 1. The van der Waals surface area contributed by atoms with Crippen molar-refractivity contribution in [1.82, 2.24) is 24.5 Å². The standard InChI is InChI=1S/C24H23N5O/c1-18-22-13-8-14-27(22)15-16-28(18)24(30)21-17-29(26-25-21)23(19-9-4-2-5-10-19)20-11-6-3-7-12-20/h2-14,17-18,23H,15-16H2,1H3/t18-/m1/s1. The summed E-state index contributed by atoms with van der Waals surface area (Å²) in [5.74, 6) is -0.0823. The molecule has 1 aliphatic rings. The van der Waals surface area contributed by atoms with Crippen molar-refractivity contribution in [1.29, 1.82) is 0 Å². The maximum Gasteiger partial charge on any atom is 0.276 e. The van der Waals surface area contributed by atoms with Gasteiger partial charge in [0.15, 0.2) is 5.69 Å². The first-order valence-electron chi connectivity index (χ1n) is 10.2. The highest BCUT2D eigenvalue weighted by molar-refractivity contribution is 5.92. The van der Waals surface area contributed by atoms with E-state index < -0.39 is 0 Å². The molecule has 1 atom stereocenters. The lowest BCUT2D eigenvalue weighted by Crippen LogP contribution is -2.40. The van der Waals surface area contributed by atoms with Crippen LogP contribution in [0.25, 0.3) is 0 Å². The number of rotatable bonds is 4. The Morgan fingerprint density at radius 1 is 0.933 bits per heavy atom. The smallest absolute Gasteiger partial charge is 0.276 e. The highest BCUT2D eigenvalue weighted by Crippen LogP contribution is 2.28. The maximum absolute atomic E-state index is 13.3. The summed E-state index contributed by atoms with van der Waals surface area (Å²) in [5.41, 5.74) is 3.71. The molecule has 4 aromatic rings. The minimum atomic E-state index is -0.141. The van der Waals surface area contributed by atoms with Crippen molar-refractivity contribution in [3.05, 3.63) is 108 Å². The van der Waals surface area contributed by atoms with Gasteiger partial charge in [0.2, 0.25) is 0 Å². The fourth-order valence-corrected chi connectivity index (χ4v) is 4.27. The average molecular weight is 397 g/mol. The molecule has 0 fully saturated rings. The van der Waals surface area contributed by atoms with Crippen LogP contribution >= 0.6 is 0 Å². The SMILES string of the molecule is C[C@@H]1c2cccn2CCN1C(=O)c1cn(C(c2ccccc2)c2ccccc2)nn1. The molecular formula is C24H23N5O. The first kappa shape index (κ1) is 18.4. The summed E-state index contributed by atoms with van der Waals surface area (Å²) in [6, 6.07) is 24.3. The lowest BCUT2D eigenvalue weighted by Gasteiger charge is -2.34.